The number of hydrogen-bond acceptors (Lipinski definition) is 3. The third-order valence-electron chi connectivity index (χ3n) is 4.05. The molecule has 0 aromatic heterocycles. The maximum absolute atomic E-state index is 13.9. The second-order valence-electron chi connectivity index (χ2n) is 6.02. The van der Waals surface area contributed by atoms with Gasteiger partial charge in [-0.1, -0.05) is 19.9 Å². The molecule has 21 heavy (non-hydrogen) atoms. The zero-order valence-electron chi connectivity index (χ0n) is 12.1. The summed E-state index contributed by atoms with van der Waals surface area (Å²) in [5.41, 5.74) is 4.78. The molecule has 0 spiro atoms. The number of rotatable bonds is 3. The van der Waals surface area contributed by atoms with Gasteiger partial charge in [0.2, 0.25) is 0 Å². The van der Waals surface area contributed by atoms with Crippen molar-refractivity contribution in [1.29, 1.82) is 0 Å². The Bertz CT molecular complexity index is 586. The highest BCUT2D eigenvalue weighted by molar-refractivity contribution is 5.99. The molecule has 1 aromatic rings. The van der Waals surface area contributed by atoms with Crippen LogP contribution in [0.4, 0.5) is 10.1 Å². The number of carbonyl (C=O) groups excluding carboxylic acids is 1. The van der Waals surface area contributed by atoms with Gasteiger partial charge in [-0.25, -0.2) is 9.18 Å². The minimum Gasteiger partial charge on any atom is -0.480 e. The van der Waals surface area contributed by atoms with Crippen LogP contribution >= 0.6 is 0 Å². The topological polar surface area (TPSA) is 83.6 Å². The summed E-state index contributed by atoms with van der Waals surface area (Å²) in [6.07, 6.45) is 1.52. The average Bonchev–Trinajstić information content (AvgIpc) is 2.35. The largest absolute Gasteiger partial charge is 0.480 e. The van der Waals surface area contributed by atoms with Gasteiger partial charge in [0.15, 0.2) is 0 Å². The van der Waals surface area contributed by atoms with Crippen molar-refractivity contribution in [2.24, 2.45) is 11.1 Å². The van der Waals surface area contributed by atoms with Crippen molar-refractivity contribution in [3.05, 3.63) is 29.6 Å². The molecule has 3 N–H and O–H groups in total. The van der Waals surface area contributed by atoms with Crippen LogP contribution in [-0.2, 0) is 4.79 Å². The number of hydrogen-bond donors (Lipinski definition) is 2. The Morgan fingerprint density at radius 2 is 2.10 bits per heavy atom. The first-order chi connectivity index (χ1) is 9.75. The Hall–Kier alpha value is -2.11. The highest BCUT2D eigenvalue weighted by Gasteiger charge is 2.43. The zero-order valence-corrected chi connectivity index (χ0v) is 12.1. The fourth-order valence-corrected chi connectivity index (χ4v) is 3.12. The molecule has 1 fully saturated rings. The number of nitrogens with zero attached hydrogens (tertiary/aromatic N) is 1. The lowest BCUT2D eigenvalue weighted by Crippen LogP contribution is -2.55. The van der Waals surface area contributed by atoms with Crippen LogP contribution < -0.4 is 10.6 Å². The molecule has 1 aliphatic heterocycles. The van der Waals surface area contributed by atoms with Crippen molar-refractivity contribution < 1.29 is 19.1 Å². The Kier molecular flexibility index (Phi) is 3.89. The number of anilines is 1. The van der Waals surface area contributed by atoms with E-state index < -0.39 is 29.2 Å². The number of carboxylic acids is 1. The summed E-state index contributed by atoms with van der Waals surface area (Å²) in [4.78, 5) is 24.8. The van der Waals surface area contributed by atoms with Crippen LogP contribution in [0.5, 0.6) is 0 Å². The Balaban J connectivity index is 2.56. The van der Waals surface area contributed by atoms with E-state index in [1.807, 2.05) is 13.8 Å². The van der Waals surface area contributed by atoms with Gasteiger partial charge in [-0.05, 0) is 30.4 Å². The summed E-state index contributed by atoms with van der Waals surface area (Å²) in [5, 5.41) is 9.55. The molecular formula is C15H19FN2O3. The van der Waals surface area contributed by atoms with Gasteiger partial charge in [0, 0.05) is 6.54 Å². The summed E-state index contributed by atoms with van der Waals surface area (Å²) in [7, 11) is 0. The Morgan fingerprint density at radius 3 is 2.67 bits per heavy atom. The highest BCUT2D eigenvalue weighted by atomic mass is 19.1. The summed E-state index contributed by atoms with van der Waals surface area (Å²) in [5.74, 6) is -2.61. The summed E-state index contributed by atoms with van der Waals surface area (Å²) in [6.45, 7) is 4.17. The van der Waals surface area contributed by atoms with Crippen molar-refractivity contribution >= 4 is 17.6 Å². The fraction of sp³-hybridized carbons (Fsp3) is 0.467. The normalized spacial score (nSPS) is 21.1. The summed E-state index contributed by atoms with van der Waals surface area (Å²) >= 11 is 0. The second-order valence-corrected chi connectivity index (χ2v) is 6.02. The molecule has 1 amide bonds. The smallest absolute Gasteiger partial charge is 0.326 e. The highest BCUT2D eigenvalue weighted by Crippen LogP contribution is 2.39. The van der Waals surface area contributed by atoms with Gasteiger partial charge in [0.05, 0.1) is 11.3 Å². The van der Waals surface area contributed by atoms with E-state index in [0.29, 0.717) is 6.54 Å². The Labute approximate surface area is 122 Å². The number of piperidine rings is 1. The van der Waals surface area contributed by atoms with Crippen LogP contribution in [0.1, 0.15) is 37.0 Å². The van der Waals surface area contributed by atoms with Crippen LogP contribution in [0.25, 0.3) is 0 Å². The van der Waals surface area contributed by atoms with Gasteiger partial charge in [0.25, 0.3) is 5.91 Å². The van der Waals surface area contributed by atoms with Crippen LogP contribution in [0, 0.1) is 11.2 Å². The second kappa shape index (κ2) is 5.35. The number of amides is 1. The first-order valence-corrected chi connectivity index (χ1v) is 6.83. The number of nitrogens with two attached hydrogens (primary N) is 1. The number of carboxylic acid groups (broad SMARTS) is 1. The molecule has 1 aromatic carbocycles. The number of benzene rings is 1. The molecule has 114 valence electrons. The predicted octanol–water partition coefficient (Wildman–Crippen LogP) is 2.00. The fourth-order valence-electron chi connectivity index (χ4n) is 3.12. The molecule has 1 saturated heterocycles. The van der Waals surface area contributed by atoms with E-state index in [-0.39, 0.29) is 11.3 Å². The number of halogens is 1. The van der Waals surface area contributed by atoms with E-state index >= 15 is 0 Å². The molecule has 1 unspecified atom stereocenters. The quantitative estimate of drug-likeness (QED) is 0.893. The van der Waals surface area contributed by atoms with Gasteiger partial charge < -0.3 is 15.7 Å². The average molecular weight is 294 g/mol. The third-order valence-corrected chi connectivity index (χ3v) is 4.05. The first kappa shape index (κ1) is 15.3. The zero-order chi connectivity index (χ0) is 15.8. The minimum absolute atomic E-state index is 0.249. The van der Waals surface area contributed by atoms with Crippen LogP contribution in [-0.4, -0.2) is 29.6 Å². The standard InChI is InChI=1S/C15H19FN2O3/c1-15(2)7-4-8-18(12(15)14(20)21)10-6-3-5-9(16)11(10)13(17)19/h3,5-6,12H,4,7-8H2,1-2H3,(H2,17,19)(H,20,21). The van der Waals surface area contributed by atoms with Gasteiger partial charge >= 0.3 is 5.97 Å². The number of carbonyl (C=O) groups is 2. The van der Waals surface area contributed by atoms with Gasteiger partial charge in [-0.2, -0.15) is 0 Å². The molecule has 0 radical (unpaired) electrons. The van der Waals surface area contributed by atoms with E-state index in [0.717, 1.165) is 18.9 Å². The van der Waals surface area contributed by atoms with Crippen LogP contribution in [0.15, 0.2) is 18.2 Å². The maximum Gasteiger partial charge on any atom is 0.326 e. The minimum atomic E-state index is -0.987. The molecule has 0 bridgehead atoms. The molecule has 0 aliphatic carbocycles. The molecule has 1 aliphatic rings. The van der Waals surface area contributed by atoms with Gasteiger partial charge in [0.1, 0.15) is 11.9 Å². The molecule has 6 heteroatoms. The van der Waals surface area contributed by atoms with Gasteiger partial charge in [-0.15, -0.1) is 0 Å². The van der Waals surface area contributed by atoms with Gasteiger partial charge in [-0.3, -0.25) is 4.79 Å². The van der Waals surface area contributed by atoms with E-state index in [1.54, 1.807) is 11.0 Å². The molecule has 5 nitrogen and oxygen atoms in total. The molecular weight excluding hydrogens is 275 g/mol. The lowest BCUT2D eigenvalue weighted by atomic mass is 9.76. The molecule has 1 atom stereocenters. The van der Waals surface area contributed by atoms with E-state index in [9.17, 15) is 19.1 Å². The van der Waals surface area contributed by atoms with Crippen LogP contribution in [0.3, 0.4) is 0 Å². The summed E-state index contributed by atoms with van der Waals surface area (Å²) < 4.78 is 13.9. The lowest BCUT2D eigenvalue weighted by molar-refractivity contribution is -0.142. The first-order valence-electron chi connectivity index (χ1n) is 6.83. The SMILES string of the molecule is CC1(C)CCCN(c2cccc(F)c2C(N)=O)C1C(=O)O. The van der Waals surface area contributed by atoms with E-state index in [1.165, 1.54) is 6.07 Å². The number of aliphatic carboxylic acids is 1. The van der Waals surface area contributed by atoms with Crippen molar-refractivity contribution in [2.45, 2.75) is 32.7 Å². The Morgan fingerprint density at radius 1 is 1.43 bits per heavy atom. The van der Waals surface area contributed by atoms with E-state index in [2.05, 4.69) is 0 Å². The maximum atomic E-state index is 13.9. The number of primary amides is 1. The molecule has 1 heterocycles. The van der Waals surface area contributed by atoms with Crippen LogP contribution in [0.2, 0.25) is 0 Å². The van der Waals surface area contributed by atoms with Crippen molar-refractivity contribution in [1.82, 2.24) is 0 Å². The van der Waals surface area contributed by atoms with Crippen molar-refractivity contribution in [3.8, 4) is 0 Å². The predicted molar refractivity (Wildman–Crippen MR) is 76.7 cm³/mol. The van der Waals surface area contributed by atoms with E-state index in [4.69, 9.17) is 5.73 Å². The monoisotopic (exact) mass is 294 g/mol. The van der Waals surface area contributed by atoms with Crippen molar-refractivity contribution in [2.75, 3.05) is 11.4 Å². The molecule has 2 rings (SSSR count). The van der Waals surface area contributed by atoms with Crippen molar-refractivity contribution in [3.63, 3.8) is 0 Å². The molecule has 0 saturated carbocycles. The third kappa shape index (κ3) is 2.70. The lowest BCUT2D eigenvalue weighted by Gasteiger charge is -2.45. The summed E-state index contributed by atoms with van der Waals surface area (Å²) in [6, 6.07) is 3.32.